The van der Waals surface area contributed by atoms with Crippen molar-refractivity contribution in [3.63, 3.8) is 0 Å². The van der Waals surface area contributed by atoms with Gasteiger partial charge in [-0.3, -0.25) is 4.79 Å². The number of halogens is 2. The van der Waals surface area contributed by atoms with Crippen LogP contribution in [0.2, 0.25) is 0 Å². The van der Waals surface area contributed by atoms with E-state index in [1.165, 1.54) is 24.3 Å². The number of benzene rings is 2. The second-order valence-corrected chi connectivity index (χ2v) is 6.80. The fourth-order valence-electron chi connectivity index (χ4n) is 3.52. The van der Waals surface area contributed by atoms with E-state index in [0.717, 1.165) is 18.4 Å². The second kappa shape index (κ2) is 8.82. The van der Waals surface area contributed by atoms with E-state index in [1.807, 2.05) is 12.1 Å². The molecule has 1 N–H and O–H groups in total. The third-order valence-electron chi connectivity index (χ3n) is 4.98. The molecule has 2 aromatic rings. The minimum Gasteiger partial charge on any atom is -0.478 e. The Balaban J connectivity index is 1.56. The fourth-order valence-corrected chi connectivity index (χ4v) is 3.52. The van der Waals surface area contributed by atoms with Crippen LogP contribution in [0.3, 0.4) is 0 Å². The molecule has 1 aliphatic rings. The second-order valence-electron chi connectivity index (χ2n) is 6.80. The number of piperidine rings is 1. The van der Waals surface area contributed by atoms with Gasteiger partial charge in [-0.25, -0.2) is 4.79 Å². The van der Waals surface area contributed by atoms with E-state index in [2.05, 4.69) is 4.74 Å². The maximum Gasteiger partial charge on any atom is 0.387 e. The molecule has 0 unspecified atom stereocenters. The van der Waals surface area contributed by atoms with Gasteiger partial charge >= 0.3 is 12.6 Å². The van der Waals surface area contributed by atoms with Crippen molar-refractivity contribution in [3.05, 3.63) is 65.2 Å². The number of carboxylic acids is 1. The summed E-state index contributed by atoms with van der Waals surface area (Å²) in [6, 6.07) is 12.7. The molecule has 3 rings (SSSR count). The number of nitrogens with zero attached hydrogens (tertiary/aromatic N) is 1. The first-order valence-corrected chi connectivity index (χ1v) is 9.09. The Hall–Kier alpha value is -2.96. The van der Waals surface area contributed by atoms with E-state index < -0.39 is 12.6 Å². The van der Waals surface area contributed by atoms with Gasteiger partial charge in [0.1, 0.15) is 5.75 Å². The average Bonchev–Trinajstić information content (AvgIpc) is 2.68. The molecule has 7 heteroatoms. The van der Waals surface area contributed by atoms with Gasteiger partial charge in [-0.05, 0) is 61.1 Å². The van der Waals surface area contributed by atoms with Gasteiger partial charge < -0.3 is 14.7 Å². The maximum absolute atomic E-state index is 12.6. The summed E-state index contributed by atoms with van der Waals surface area (Å²) in [7, 11) is 0. The molecular formula is C21H21F2NO4. The zero-order valence-corrected chi connectivity index (χ0v) is 15.2. The molecule has 0 spiro atoms. The Labute approximate surface area is 161 Å². The number of aromatic carboxylic acids is 1. The van der Waals surface area contributed by atoms with Crippen LogP contribution in [0.1, 0.15) is 39.1 Å². The van der Waals surface area contributed by atoms with Crippen molar-refractivity contribution in [3.8, 4) is 5.75 Å². The zero-order chi connectivity index (χ0) is 20.1. The third-order valence-corrected chi connectivity index (χ3v) is 4.98. The lowest BCUT2D eigenvalue weighted by molar-refractivity contribution is -0.0498. The van der Waals surface area contributed by atoms with Crippen LogP contribution >= 0.6 is 0 Å². The highest BCUT2D eigenvalue weighted by molar-refractivity contribution is 5.94. The lowest BCUT2D eigenvalue weighted by atomic mass is 9.88. The smallest absolute Gasteiger partial charge is 0.387 e. The first-order valence-electron chi connectivity index (χ1n) is 9.09. The molecule has 1 saturated heterocycles. The van der Waals surface area contributed by atoms with Crippen LogP contribution in [0.25, 0.3) is 0 Å². The van der Waals surface area contributed by atoms with Crippen LogP contribution in [0, 0.1) is 5.92 Å². The highest BCUT2D eigenvalue weighted by Gasteiger charge is 2.25. The van der Waals surface area contributed by atoms with E-state index in [1.54, 1.807) is 17.0 Å². The molecule has 5 nitrogen and oxygen atoms in total. The van der Waals surface area contributed by atoms with Gasteiger partial charge in [0.2, 0.25) is 0 Å². The molecule has 0 aliphatic carbocycles. The standard InChI is InChI=1S/C21H21F2NO4/c22-21(23)28-17-7-5-15(6-8-17)19(25)24-11-9-14(10-12-24)13-16-3-1-2-4-18(16)20(26)27/h1-8,14,21H,9-13H2,(H,26,27). The highest BCUT2D eigenvalue weighted by Crippen LogP contribution is 2.25. The van der Waals surface area contributed by atoms with Gasteiger partial charge in [-0.1, -0.05) is 18.2 Å². The van der Waals surface area contributed by atoms with Crippen LogP contribution in [0.4, 0.5) is 8.78 Å². The summed E-state index contributed by atoms with van der Waals surface area (Å²) >= 11 is 0. The van der Waals surface area contributed by atoms with Gasteiger partial charge in [0.25, 0.3) is 5.91 Å². The van der Waals surface area contributed by atoms with Crippen molar-refractivity contribution in [2.24, 2.45) is 5.92 Å². The van der Waals surface area contributed by atoms with Crippen molar-refractivity contribution in [2.75, 3.05) is 13.1 Å². The van der Waals surface area contributed by atoms with E-state index in [-0.39, 0.29) is 11.7 Å². The molecule has 28 heavy (non-hydrogen) atoms. The summed E-state index contributed by atoms with van der Waals surface area (Å²) < 4.78 is 28.7. The number of likely N-dealkylation sites (tertiary alicyclic amines) is 1. The highest BCUT2D eigenvalue weighted by atomic mass is 19.3. The van der Waals surface area contributed by atoms with Crippen LogP contribution < -0.4 is 4.74 Å². The Morgan fingerprint density at radius 2 is 1.71 bits per heavy atom. The molecule has 0 radical (unpaired) electrons. The normalized spacial score (nSPS) is 14.9. The Morgan fingerprint density at radius 3 is 2.32 bits per heavy atom. The maximum atomic E-state index is 12.6. The number of hydrogen-bond donors (Lipinski definition) is 1. The Morgan fingerprint density at radius 1 is 1.07 bits per heavy atom. The van der Waals surface area contributed by atoms with E-state index in [0.29, 0.717) is 36.6 Å². The zero-order valence-electron chi connectivity index (χ0n) is 15.2. The summed E-state index contributed by atoms with van der Waals surface area (Å²) in [6.07, 6.45) is 2.24. The topological polar surface area (TPSA) is 66.8 Å². The van der Waals surface area contributed by atoms with Crippen LogP contribution in [0.15, 0.2) is 48.5 Å². The van der Waals surface area contributed by atoms with Crippen LogP contribution in [-0.2, 0) is 6.42 Å². The SMILES string of the molecule is O=C(O)c1ccccc1CC1CCN(C(=O)c2ccc(OC(F)F)cc2)CC1. The van der Waals surface area contributed by atoms with Crippen molar-refractivity contribution in [1.29, 1.82) is 0 Å². The van der Waals surface area contributed by atoms with Crippen molar-refractivity contribution in [2.45, 2.75) is 25.9 Å². The molecular weight excluding hydrogens is 368 g/mol. The fraction of sp³-hybridized carbons (Fsp3) is 0.333. The van der Waals surface area contributed by atoms with Crippen molar-refractivity contribution < 1.29 is 28.2 Å². The van der Waals surface area contributed by atoms with Crippen LogP contribution in [-0.4, -0.2) is 41.6 Å². The molecule has 1 heterocycles. The largest absolute Gasteiger partial charge is 0.478 e. The molecule has 0 bridgehead atoms. The van der Waals surface area contributed by atoms with Gasteiger partial charge in [-0.15, -0.1) is 0 Å². The first kappa shape index (κ1) is 19.8. The van der Waals surface area contributed by atoms with Crippen molar-refractivity contribution >= 4 is 11.9 Å². The summed E-state index contributed by atoms with van der Waals surface area (Å²) in [5, 5.41) is 9.30. The molecule has 0 atom stereocenters. The van der Waals surface area contributed by atoms with Gasteiger partial charge in [-0.2, -0.15) is 8.78 Å². The summed E-state index contributed by atoms with van der Waals surface area (Å²) in [6.45, 7) is -1.74. The minimum absolute atomic E-state index is 0.0161. The predicted molar refractivity (Wildman–Crippen MR) is 98.8 cm³/mol. The molecule has 2 aromatic carbocycles. The number of amides is 1. The molecule has 148 valence electrons. The number of ether oxygens (including phenoxy) is 1. The first-order chi connectivity index (χ1) is 13.4. The Kier molecular flexibility index (Phi) is 6.23. The Bertz CT molecular complexity index is 831. The molecule has 0 saturated carbocycles. The summed E-state index contributed by atoms with van der Waals surface area (Å²) in [4.78, 5) is 25.7. The number of rotatable bonds is 6. The van der Waals surface area contributed by atoms with E-state index in [9.17, 15) is 23.5 Å². The summed E-state index contributed by atoms with van der Waals surface area (Å²) in [5.41, 5.74) is 1.57. The summed E-state index contributed by atoms with van der Waals surface area (Å²) in [5.74, 6) is -0.746. The van der Waals surface area contributed by atoms with Crippen LogP contribution in [0.5, 0.6) is 5.75 Å². The van der Waals surface area contributed by atoms with Gasteiger partial charge in [0.05, 0.1) is 5.56 Å². The monoisotopic (exact) mass is 389 g/mol. The lowest BCUT2D eigenvalue weighted by Crippen LogP contribution is -2.39. The third kappa shape index (κ3) is 4.85. The quantitative estimate of drug-likeness (QED) is 0.808. The number of alkyl halides is 2. The number of carbonyl (C=O) groups is 2. The van der Waals surface area contributed by atoms with Gasteiger partial charge in [0.15, 0.2) is 0 Å². The lowest BCUT2D eigenvalue weighted by Gasteiger charge is -2.32. The van der Waals surface area contributed by atoms with E-state index in [4.69, 9.17) is 0 Å². The number of carboxylic acid groups (broad SMARTS) is 1. The molecule has 0 aromatic heterocycles. The molecule has 1 aliphatic heterocycles. The minimum atomic E-state index is -2.90. The average molecular weight is 389 g/mol. The predicted octanol–water partition coefficient (Wildman–Crippen LogP) is 4.08. The number of hydrogen-bond acceptors (Lipinski definition) is 3. The van der Waals surface area contributed by atoms with Gasteiger partial charge in [0, 0.05) is 18.7 Å². The molecule has 1 fully saturated rings. The van der Waals surface area contributed by atoms with Crippen molar-refractivity contribution in [1.82, 2.24) is 4.90 Å². The van der Waals surface area contributed by atoms with E-state index >= 15 is 0 Å². The molecule has 1 amide bonds. The number of carbonyl (C=O) groups excluding carboxylic acids is 1.